The van der Waals surface area contributed by atoms with Crippen molar-refractivity contribution in [2.24, 2.45) is 5.73 Å². The SMILES string of the molecule is C=CCn1sc(=O)n(Cc2ccc(CN)cc2)c1=O.Cl. The molecule has 0 fully saturated rings. The van der Waals surface area contributed by atoms with E-state index < -0.39 is 0 Å². The highest BCUT2D eigenvalue weighted by atomic mass is 35.5. The highest BCUT2D eigenvalue weighted by Crippen LogP contribution is 2.04. The first kappa shape index (κ1) is 16.4. The zero-order valence-electron chi connectivity index (χ0n) is 10.8. The van der Waals surface area contributed by atoms with Crippen LogP contribution in [0.1, 0.15) is 11.1 Å². The number of hydrogen-bond donors (Lipinski definition) is 1. The number of nitrogens with two attached hydrogens (primary N) is 1. The molecule has 20 heavy (non-hydrogen) atoms. The Hall–Kier alpha value is -1.63. The summed E-state index contributed by atoms with van der Waals surface area (Å²) in [5.41, 5.74) is 7.15. The zero-order valence-corrected chi connectivity index (χ0v) is 12.5. The third-order valence-corrected chi connectivity index (χ3v) is 3.65. The second-order valence-corrected chi connectivity index (χ2v) is 5.07. The summed E-state index contributed by atoms with van der Waals surface area (Å²) in [6.45, 7) is 4.68. The molecule has 0 saturated carbocycles. The number of allylic oxidation sites excluding steroid dienone is 1. The van der Waals surface area contributed by atoms with Crippen LogP contribution in [0.25, 0.3) is 0 Å². The molecule has 0 aliphatic rings. The summed E-state index contributed by atoms with van der Waals surface area (Å²) < 4.78 is 2.62. The average Bonchev–Trinajstić information content (AvgIpc) is 2.68. The number of benzene rings is 1. The summed E-state index contributed by atoms with van der Waals surface area (Å²) in [6.07, 6.45) is 1.59. The van der Waals surface area contributed by atoms with Gasteiger partial charge in [0.1, 0.15) is 0 Å². The van der Waals surface area contributed by atoms with E-state index in [2.05, 4.69) is 6.58 Å². The first-order valence-electron chi connectivity index (χ1n) is 5.85. The summed E-state index contributed by atoms with van der Waals surface area (Å²) in [5, 5.41) is 0. The van der Waals surface area contributed by atoms with Crippen LogP contribution in [-0.2, 0) is 19.6 Å². The Morgan fingerprint density at radius 2 is 1.80 bits per heavy atom. The Bertz CT molecular complexity index is 685. The van der Waals surface area contributed by atoms with Crippen LogP contribution < -0.4 is 16.3 Å². The van der Waals surface area contributed by atoms with E-state index in [9.17, 15) is 9.59 Å². The number of hydrogen-bond acceptors (Lipinski definition) is 4. The Kier molecular flexibility index (Phi) is 5.94. The molecule has 2 aromatic rings. The van der Waals surface area contributed by atoms with Crippen LogP contribution in [0.3, 0.4) is 0 Å². The number of halogens is 1. The van der Waals surface area contributed by atoms with Crippen molar-refractivity contribution in [3.05, 3.63) is 68.2 Å². The lowest BCUT2D eigenvalue weighted by Gasteiger charge is -2.02. The molecule has 2 rings (SSSR count). The molecule has 0 aliphatic heterocycles. The van der Waals surface area contributed by atoms with Gasteiger partial charge in [0.15, 0.2) is 0 Å². The molecule has 0 bridgehead atoms. The highest BCUT2D eigenvalue weighted by Gasteiger charge is 2.09. The van der Waals surface area contributed by atoms with E-state index in [0.717, 1.165) is 22.7 Å². The summed E-state index contributed by atoms with van der Waals surface area (Å²) in [4.78, 5) is 23.5. The van der Waals surface area contributed by atoms with Gasteiger partial charge in [0.25, 0.3) is 0 Å². The first-order chi connectivity index (χ1) is 9.15. The van der Waals surface area contributed by atoms with Crippen LogP contribution in [0.2, 0.25) is 0 Å². The summed E-state index contributed by atoms with van der Waals surface area (Å²) in [5.74, 6) is 0. The standard InChI is InChI=1S/C13H15N3O2S.ClH/c1-2-7-16-12(17)15(13(18)19-16)9-11-5-3-10(8-14)4-6-11;/h2-6H,1,7-9,14H2;1H. The van der Waals surface area contributed by atoms with Gasteiger partial charge in [-0.1, -0.05) is 30.3 Å². The predicted octanol–water partition coefficient (Wildman–Crippen LogP) is 1.19. The van der Waals surface area contributed by atoms with Crippen molar-refractivity contribution in [3.8, 4) is 0 Å². The van der Waals surface area contributed by atoms with Crippen LogP contribution in [0, 0.1) is 0 Å². The van der Waals surface area contributed by atoms with Crippen molar-refractivity contribution < 1.29 is 0 Å². The van der Waals surface area contributed by atoms with E-state index in [0.29, 0.717) is 13.1 Å². The summed E-state index contributed by atoms with van der Waals surface area (Å²) >= 11 is 0.913. The molecule has 1 aromatic heterocycles. The van der Waals surface area contributed by atoms with Gasteiger partial charge in [-0.15, -0.1) is 19.0 Å². The predicted molar refractivity (Wildman–Crippen MR) is 83.7 cm³/mol. The fourth-order valence-electron chi connectivity index (χ4n) is 1.72. The molecular formula is C13H16ClN3O2S. The van der Waals surface area contributed by atoms with Gasteiger partial charge in [0, 0.05) is 18.1 Å². The molecule has 0 atom stereocenters. The average molecular weight is 314 g/mol. The molecule has 0 amide bonds. The first-order valence-corrected chi connectivity index (χ1v) is 6.62. The molecule has 1 aromatic carbocycles. The van der Waals surface area contributed by atoms with E-state index >= 15 is 0 Å². The second-order valence-electron chi connectivity index (χ2n) is 4.10. The van der Waals surface area contributed by atoms with Crippen LogP contribution in [0.15, 0.2) is 46.5 Å². The molecule has 0 aliphatic carbocycles. The molecule has 0 radical (unpaired) electrons. The van der Waals surface area contributed by atoms with Crippen molar-refractivity contribution >= 4 is 23.9 Å². The van der Waals surface area contributed by atoms with Crippen molar-refractivity contribution in [1.82, 2.24) is 8.52 Å². The third kappa shape index (κ3) is 3.47. The third-order valence-electron chi connectivity index (χ3n) is 2.75. The molecule has 0 saturated heterocycles. The van der Waals surface area contributed by atoms with Crippen molar-refractivity contribution in [2.45, 2.75) is 19.6 Å². The molecule has 108 valence electrons. The van der Waals surface area contributed by atoms with E-state index in [1.807, 2.05) is 24.3 Å². The number of aromatic nitrogens is 2. The Balaban J connectivity index is 0.00000200. The van der Waals surface area contributed by atoms with Crippen LogP contribution in [0.5, 0.6) is 0 Å². The monoisotopic (exact) mass is 313 g/mol. The molecule has 0 spiro atoms. The molecule has 7 heteroatoms. The fourth-order valence-corrected chi connectivity index (χ4v) is 2.51. The summed E-state index contributed by atoms with van der Waals surface area (Å²) in [7, 11) is 0. The minimum atomic E-state index is -0.294. The number of nitrogens with zero attached hydrogens (tertiary/aromatic N) is 2. The van der Waals surface area contributed by atoms with Gasteiger partial charge >= 0.3 is 10.6 Å². The van der Waals surface area contributed by atoms with E-state index in [1.165, 1.54) is 8.52 Å². The van der Waals surface area contributed by atoms with Gasteiger partial charge < -0.3 is 5.73 Å². The largest absolute Gasteiger partial charge is 0.341 e. The Labute approximate surface area is 126 Å². The Morgan fingerprint density at radius 3 is 2.35 bits per heavy atom. The van der Waals surface area contributed by atoms with Gasteiger partial charge in [0.2, 0.25) is 0 Å². The van der Waals surface area contributed by atoms with Gasteiger partial charge in [-0.25, -0.2) is 13.3 Å². The molecule has 5 nitrogen and oxygen atoms in total. The van der Waals surface area contributed by atoms with Crippen LogP contribution >= 0.6 is 23.9 Å². The lowest BCUT2D eigenvalue weighted by Crippen LogP contribution is -2.29. The van der Waals surface area contributed by atoms with Gasteiger partial charge in [-0.05, 0) is 11.1 Å². The second kappa shape index (κ2) is 7.23. The van der Waals surface area contributed by atoms with Crippen LogP contribution in [-0.4, -0.2) is 8.52 Å². The normalized spacial score (nSPS) is 10.1. The lowest BCUT2D eigenvalue weighted by molar-refractivity contribution is 0.690. The minimum absolute atomic E-state index is 0. The Morgan fingerprint density at radius 1 is 1.20 bits per heavy atom. The minimum Gasteiger partial charge on any atom is -0.326 e. The van der Waals surface area contributed by atoms with Crippen molar-refractivity contribution in [3.63, 3.8) is 0 Å². The zero-order chi connectivity index (χ0) is 13.8. The maximum atomic E-state index is 12.0. The lowest BCUT2D eigenvalue weighted by atomic mass is 10.1. The smallest absolute Gasteiger partial charge is 0.326 e. The van der Waals surface area contributed by atoms with E-state index in [-0.39, 0.29) is 29.5 Å². The van der Waals surface area contributed by atoms with Crippen LogP contribution in [0.4, 0.5) is 0 Å². The maximum Gasteiger partial charge on any atom is 0.341 e. The maximum absolute atomic E-state index is 12.0. The van der Waals surface area contributed by atoms with Crippen molar-refractivity contribution in [1.29, 1.82) is 0 Å². The molecule has 1 heterocycles. The van der Waals surface area contributed by atoms with E-state index in [1.54, 1.807) is 6.08 Å². The number of rotatable bonds is 5. The highest BCUT2D eigenvalue weighted by molar-refractivity contribution is 7.03. The van der Waals surface area contributed by atoms with Gasteiger partial charge in [-0.3, -0.25) is 4.79 Å². The molecular weight excluding hydrogens is 298 g/mol. The fraction of sp³-hybridized carbons (Fsp3) is 0.231. The van der Waals surface area contributed by atoms with E-state index in [4.69, 9.17) is 5.73 Å². The molecule has 2 N–H and O–H groups in total. The quantitative estimate of drug-likeness (QED) is 0.843. The van der Waals surface area contributed by atoms with Gasteiger partial charge in [-0.2, -0.15) is 0 Å². The topological polar surface area (TPSA) is 70.0 Å². The van der Waals surface area contributed by atoms with Crippen molar-refractivity contribution in [2.75, 3.05) is 0 Å². The van der Waals surface area contributed by atoms with Gasteiger partial charge in [0.05, 0.1) is 13.1 Å². The molecule has 0 unspecified atom stereocenters. The summed E-state index contributed by atoms with van der Waals surface area (Å²) in [6, 6.07) is 7.55.